The lowest BCUT2D eigenvalue weighted by atomic mass is 9.97. The van der Waals surface area contributed by atoms with Gasteiger partial charge in [0.2, 0.25) is 0 Å². The van der Waals surface area contributed by atoms with Gasteiger partial charge in [-0.25, -0.2) is 0 Å². The van der Waals surface area contributed by atoms with Gasteiger partial charge in [-0.2, -0.15) is 11.8 Å². The minimum absolute atomic E-state index is 0.165. The van der Waals surface area contributed by atoms with Gasteiger partial charge in [-0.1, -0.05) is 0 Å². The summed E-state index contributed by atoms with van der Waals surface area (Å²) in [5, 5.41) is 0. The number of methoxy groups -OCH3 is 2. The second-order valence-corrected chi connectivity index (χ2v) is 5.14. The molecule has 0 amide bonds. The van der Waals surface area contributed by atoms with Gasteiger partial charge < -0.3 is 9.47 Å². The quantitative estimate of drug-likeness (QED) is 0.772. The molecule has 0 radical (unpaired) electrons. The van der Waals surface area contributed by atoms with Gasteiger partial charge in [-0.05, 0) is 30.4 Å². The zero-order chi connectivity index (χ0) is 12.3. The molecular formula is C13H16O3S. The van der Waals surface area contributed by atoms with Crippen LogP contribution in [0, 0.1) is 5.92 Å². The van der Waals surface area contributed by atoms with E-state index in [1.807, 2.05) is 17.8 Å². The Kier molecular flexibility index (Phi) is 3.94. The molecule has 1 atom stereocenters. The van der Waals surface area contributed by atoms with Gasteiger partial charge in [-0.15, -0.1) is 0 Å². The summed E-state index contributed by atoms with van der Waals surface area (Å²) >= 11 is 1.85. The first-order chi connectivity index (χ1) is 8.26. The number of hydrogen-bond acceptors (Lipinski definition) is 4. The molecule has 1 aliphatic heterocycles. The van der Waals surface area contributed by atoms with Crippen LogP contribution in [0.2, 0.25) is 0 Å². The molecule has 3 nitrogen and oxygen atoms in total. The van der Waals surface area contributed by atoms with E-state index in [1.54, 1.807) is 26.4 Å². The predicted octanol–water partition coefficient (Wildman–Crippen LogP) is 2.64. The van der Waals surface area contributed by atoms with Crippen LogP contribution in [0.1, 0.15) is 16.8 Å². The molecule has 0 aliphatic carbocycles. The highest BCUT2D eigenvalue weighted by Gasteiger charge is 2.24. The van der Waals surface area contributed by atoms with Crippen LogP contribution in [0.15, 0.2) is 18.2 Å². The summed E-state index contributed by atoms with van der Waals surface area (Å²) in [6.07, 6.45) is 0.984. The molecule has 0 N–H and O–H groups in total. The topological polar surface area (TPSA) is 35.5 Å². The zero-order valence-corrected chi connectivity index (χ0v) is 10.9. The number of carbonyl (C=O) groups excluding carboxylic acids is 1. The van der Waals surface area contributed by atoms with Crippen molar-refractivity contribution < 1.29 is 14.3 Å². The Morgan fingerprint density at radius 2 is 2.06 bits per heavy atom. The Hall–Kier alpha value is -1.16. The zero-order valence-electron chi connectivity index (χ0n) is 10.1. The summed E-state index contributed by atoms with van der Waals surface area (Å²) in [4.78, 5) is 12.2. The van der Waals surface area contributed by atoms with E-state index in [0.717, 1.165) is 23.5 Å². The molecule has 1 heterocycles. The van der Waals surface area contributed by atoms with Gasteiger partial charge in [0.1, 0.15) is 0 Å². The minimum Gasteiger partial charge on any atom is -0.493 e. The van der Waals surface area contributed by atoms with Gasteiger partial charge in [0.05, 0.1) is 14.2 Å². The van der Waals surface area contributed by atoms with Crippen molar-refractivity contribution in [3.05, 3.63) is 23.8 Å². The lowest BCUT2D eigenvalue weighted by Gasteiger charge is -2.11. The SMILES string of the molecule is COc1ccc(C(=O)C2CCSC2)cc1OC. The van der Waals surface area contributed by atoms with E-state index < -0.39 is 0 Å². The smallest absolute Gasteiger partial charge is 0.166 e. The molecule has 1 aliphatic rings. The third-order valence-corrected chi connectivity index (χ3v) is 4.13. The maximum Gasteiger partial charge on any atom is 0.166 e. The molecule has 0 spiro atoms. The molecule has 1 saturated heterocycles. The van der Waals surface area contributed by atoms with E-state index in [1.165, 1.54) is 0 Å². The summed E-state index contributed by atoms with van der Waals surface area (Å²) in [5.74, 6) is 3.68. The van der Waals surface area contributed by atoms with Gasteiger partial charge in [0, 0.05) is 17.2 Å². The van der Waals surface area contributed by atoms with Crippen molar-refractivity contribution in [1.82, 2.24) is 0 Å². The Balaban J connectivity index is 2.23. The summed E-state index contributed by atoms with van der Waals surface area (Å²) in [6.45, 7) is 0. The number of ether oxygens (including phenoxy) is 2. The van der Waals surface area contributed by atoms with Gasteiger partial charge in [-0.3, -0.25) is 4.79 Å². The monoisotopic (exact) mass is 252 g/mol. The van der Waals surface area contributed by atoms with Crippen molar-refractivity contribution in [3.63, 3.8) is 0 Å². The molecule has 0 aromatic heterocycles. The predicted molar refractivity (Wildman–Crippen MR) is 69.3 cm³/mol. The Bertz CT molecular complexity index is 411. The fraction of sp³-hybridized carbons (Fsp3) is 0.462. The van der Waals surface area contributed by atoms with Gasteiger partial charge >= 0.3 is 0 Å². The van der Waals surface area contributed by atoms with Crippen LogP contribution >= 0.6 is 11.8 Å². The average Bonchev–Trinajstić information content (AvgIpc) is 2.90. The molecule has 92 valence electrons. The molecule has 2 rings (SSSR count). The highest BCUT2D eigenvalue weighted by atomic mass is 32.2. The first-order valence-corrected chi connectivity index (χ1v) is 6.75. The highest BCUT2D eigenvalue weighted by molar-refractivity contribution is 7.99. The standard InChI is InChI=1S/C13H16O3S/c1-15-11-4-3-9(7-12(11)16-2)13(14)10-5-6-17-8-10/h3-4,7,10H,5-6,8H2,1-2H3. The van der Waals surface area contributed by atoms with E-state index in [2.05, 4.69) is 0 Å². The van der Waals surface area contributed by atoms with Crippen molar-refractivity contribution in [2.24, 2.45) is 5.92 Å². The van der Waals surface area contributed by atoms with Crippen molar-refractivity contribution >= 4 is 17.5 Å². The first-order valence-electron chi connectivity index (χ1n) is 5.60. The lowest BCUT2D eigenvalue weighted by molar-refractivity contribution is 0.0933. The van der Waals surface area contributed by atoms with Crippen LogP contribution in [-0.2, 0) is 0 Å². The molecular weight excluding hydrogens is 236 g/mol. The number of ketones is 1. The number of rotatable bonds is 4. The summed E-state index contributed by atoms with van der Waals surface area (Å²) in [5.41, 5.74) is 0.718. The van der Waals surface area contributed by atoms with Crippen LogP contribution in [0.4, 0.5) is 0 Å². The maximum atomic E-state index is 12.2. The normalized spacial score (nSPS) is 19.1. The van der Waals surface area contributed by atoms with E-state index in [0.29, 0.717) is 11.5 Å². The molecule has 0 bridgehead atoms. The molecule has 0 saturated carbocycles. The largest absolute Gasteiger partial charge is 0.493 e. The van der Waals surface area contributed by atoms with Crippen molar-refractivity contribution in [1.29, 1.82) is 0 Å². The molecule has 1 fully saturated rings. The van der Waals surface area contributed by atoms with Crippen LogP contribution in [0.25, 0.3) is 0 Å². The molecule has 1 unspecified atom stereocenters. The number of benzene rings is 1. The van der Waals surface area contributed by atoms with Crippen LogP contribution in [-0.4, -0.2) is 31.5 Å². The van der Waals surface area contributed by atoms with Crippen molar-refractivity contribution in [2.75, 3.05) is 25.7 Å². The van der Waals surface area contributed by atoms with Gasteiger partial charge in [0.25, 0.3) is 0 Å². The number of hydrogen-bond donors (Lipinski definition) is 0. The first kappa shape index (κ1) is 12.3. The van der Waals surface area contributed by atoms with Crippen LogP contribution in [0.3, 0.4) is 0 Å². The minimum atomic E-state index is 0.165. The summed E-state index contributed by atoms with van der Waals surface area (Å²) in [6, 6.07) is 5.37. The van der Waals surface area contributed by atoms with Crippen LogP contribution in [0.5, 0.6) is 11.5 Å². The molecule has 17 heavy (non-hydrogen) atoms. The van der Waals surface area contributed by atoms with E-state index in [4.69, 9.17) is 9.47 Å². The molecule has 4 heteroatoms. The van der Waals surface area contributed by atoms with Gasteiger partial charge in [0.15, 0.2) is 17.3 Å². The summed E-state index contributed by atoms with van der Waals surface area (Å²) < 4.78 is 10.4. The summed E-state index contributed by atoms with van der Waals surface area (Å²) in [7, 11) is 3.17. The number of Topliss-reactive ketones (excluding diaryl/α,β-unsaturated/α-hetero) is 1. The van der Waals surface area contributed by atoms with E-state index in [9.17, 15) is 4.79 Å². The second-order valence-electron chi connectivity index (χ2n) is 3.99. The number of carbonyl (C=O) groups is 1. The van der Waals surface area contributed by atoms with Crippen molar-refractivity contribution in [3.8, 4) is 11.5 Å². The van der Waals surface area contributed by atoms with Crippen LogP contribution < -0.4 is 9.47 Å². The fourth-order valence-electron chi connectivity index (χ4n) is 1.97. The fourth-order valence-corrected chi connectivity index (χ4v) is 3.19. The highest BCUT2D eigenvalue weighted by Crippen LogP contribution is 2.31. The maximum absolute atomic E-state index is 12.2. The third kappa shape index (κ3) is 2.57. The van der Waals surface area contributed by atoms with E-state index >= 15 is 0 Å². The Morgan fingerprint density at radius 1 is 1.29 bits per heavy atom. The molecule has 1 aromatic carbocycles. The second kappa shape index (κ2) is 5.45. The van der Waals surface area contributed by atoms with Crippen molar-refractivity contribution in [2.45, 2.75) is 6.42 Å². The Labute approximate surface area is 105 Å². The van der Waals surface area contributed by atoms with E-state index in [-0.39, 0.29) is 11.7 Å². The molecule has 1 aromatic rings. The average molecular weight is 252 g/mol. The Morgan fingerprint density at radius 3 is 2.65 bits per heavy atom. The lowest BCUT2D eigenvalue weighted by Crippen LogP contribution is -2.13. The third-order valence-electron chi connectivity index (χ3n) is 2.97. The number of thioether (sulfide) groups is 1.